The van der Waals surface area contributed by atoms with E-state index in [9.17, 15) is 9.59 Å². The summed E-state index contributed by atoms with van der Waals surface area (Å²) in [6.07, 6.45) is 4.39. The number of rotatable bonds is 6. The van der Waals surface area contributed by atoms with Gasteiger partial charge in [0.15, 0.2) is 0 Å². The van der Waals surface area contributed by atoms with E-state index in [1.807, 2.05) is 57.4 Å². The van der Waals surface area contributed by atoms with Gasteiger partial charge >= 0.3 is 6.09 Å². The summed E-state index contributed by atoms with van der Waals surface area (Å²) in [5.41, 5.74) is 1.81. The third-order valence-electron chi connectivity index (χ3n) is 5.65. The smallest absolute Gasteiger partial charge is 0.407 e. The Morgan fingerprint density at radius 2 is 2.00 bits per heavy atom. The Balaban J connectivity index is 1.54. The molecular weight excluding hydrogens is 438 g/mol. The lowest BCUT2D eigenvalue weighted by molar-refractivity contribution is 0.0502. The topological polar surface area (TPSA) is 104 Å². The first-order valence-electron chi connectivity index (χ1n) is 11.2. The molecule has 2 aliphatic rings. The van der Waals surface area contributed by atoms with Crippen LogP contribution in [0.25, 0.3) is 0 Å². The maximum Gasteiger partial charge on any atom is 0.407 e. The van der Waals surface area contributed by atoms with E-state index >= 15 is 0 Å². The Morgan fingerprint density at radius 3 is 2.76 bits per heavy atom. The summed E-state index contributed by atoms with van der Waals surface area (Å²) in [5, 5.41) is 12.7. The van der Waals surface area contributed by atoms with Gasteiger partial charge in [-0.05, 0) is 76.1 Å². The van der Waals surface area contributed by atoms with Crippen molar-refractivity contribution >= 4 is 41.1 Å². The van der Waals surface area contributed by atoms with Crippen LogP contribution < -0.4 is 21.3 Å². The zero-order chi connectivity index (χ0) is 23.6. The molecule has 176 valence electrons. The van der Waals surface area contributed by atoms with Gasteiger partial charge in [0, 0.05) is 23.2 Å². The molecule has 1 aliphatic carbocycles. The van der Waals surface area contributed by atoms with Gasteiger partial charge in [-0.1, -0.05) is 6.07 Å². The maximum absolute atomic E-state index is 12.5. The second kappa shape index (κ2) is 9.51. The minimum Gasteiger partial charge on any atom is -0.444 e. The summed E-state index contributed by atoms with van der Waals surface area (Å²) in [7, 11) is 0. The molecule has 4 rings (SSSR count). The van der Waals surface area contributed by atoms with Crippen LogP contribution in [0, 0.1) is 0 Å². The fraction of sp³-hybridized carbons (Fsp3) is 0.458. The number of nitrogens with zero attached hydrogens (tertiary/aromatic N) is 1. The van der Waals surface area contributed by atoms with Crippen LogP contribution in [0.4, 0.5) is 22.1 Å². The number of carbonyl (C=O) groups excluding carboxylic acids is 2. The van der Waals surface area contributed by atoms with E-state index in [4.69, 9.17) is 9.72 Å². The van der Waals surface area contributed by atoms with E-state index in [0.717, 1.165) is 35.4 Å². The summed E-state index contributed by atoms with van der Waals surface area (Å²) in [5.74, 6) is 1.08. The summed E-state index contributed by atoms with van der Waals surface area (Å²) in [6.45, 7) is 6.02. The van der Waals surface area contributed by atoms with Crippen molar-refractivity contribution in [2.45, 2.75) is 69.2 Å². The van der Waals surface area contributed by atoms with Crippen molar-refractivity contribution < 1.29 is 14.3 Å². The lowest BCUT2D eigenvalue weighted by Gasteiger charge is -2.26. The third-order valence-corrected chi connectivity index (χ3v) is 6.38. The predicted octanol–water partition coefficient (Wildman–Crippen LogP) is 4.65. The quantitative estimate of drug-likeness (QED) is 0.457. The van der Waals surface area contributed by atoms with Crippen molar-refractivity contribution in [1.82, 2.24) is 15.6 Å². The molecule has 8 nitrogen and oxygen atoms in total. The molecule has 1 saturated carbocycles. The van der Waals surface area contributed by atoms with Crippen LogP contribution in [0.15, 0.2) is 35.2 Å². The molecule has 1 aromatic carbocycles. The SMILES string of the molecule is CSc1cccc(Nc2nc(NC3CCC[C@@H]3NC(=O)OC(C)(C)C)cc3c2C(=O)NC3)c1. The molecule has 2 heterocycles. The highest BCUT2D eigenvalue weighted by Gasteiger charge is 2.32. The number of fused-ring (bicyclic) bond motifs is 1. The van der Waals surface area contributed by atoms with E-state index in [2.05, 4.69) is 21.3 Å². The second-order valence-electron chi connectivity index (χ2n) is 9.36. The lowest BCUT2D eigenvalue weighted by atomic mass is 10.1. The molecule has 0 spiro atoms. The number of hydrogen-bond acceptors (Lipinski definition) is 7. The Morgan fingerprint density at radius 1 is 1.21 bits per heavy atom. The van der Waals surface area contributed by atoms with E-state index < -0.39 is 11.7 Å². The Kier molecular flexibility index (Phi) is 6.69. The van der Waals surface area contributed by atoms with Crippen LogP contribution in [0.1, 0.15) is 56.0 Å². The molecule has 33 heavy (non-hydrogen) atoms. The number of hydrogen-bond donors (Lipinski definition) is 4. The number of aromatic nitrogens is 1. The molecule has 0 radical (unpaired) electrons. The Labute approximate surface area is 198 Å². The van der Waals surface area contributed by atoms with Crippen molar-refractivity contribution in [3.8, 4) is 0 Å². The first kappa shape index (κ1) is 23.2. The molecule has 4 N–H and O–H groups in total. The minimum absolute atomic E-state index is 0.0285. The standard InChI is InChI=1S/C24H31N5O3S/c1-24(2,3)32-23(31)28-18-10-6-9-17(18)27-19-11-14-13-25-22(30)20(14)21(29-19)26-15-7-5-8-16(12-15)33-4/h5,7-8,11-12,17-18H,6,9-10,13H2,1-4H3,(H,25,30)(H,28,31)(H2,26,27,29)/t17?,18-/m0/s1. The number of pyridine rings is 1. The largest absolute Gasteiger partial charge is 0.444 e. The number of thioether (sulfide) groups is 1. The molecular formula is C24H31N5O3S. The van der Waals surface area contributed by atoms with Crippen molar-refractivity contribution in [2.75, 3.05) is 16.9 Å². The maximum atomic E-state index is 12.5. The van der Waals surface area contributed by atoms with Crippen LogP contribution >= 0.6 is 11.8 Å². The average Bonchev–Trinajstić information content (AvgIpc) is 3.33. The van der Waals surface area contributed by atoms with Crippen LogP contribution in [0.2, 0.25) is 0 Å². The molecule has 1 aliphatic heterocycles. The molecule has 2 amide bonds. The summed E-state index contributed by atoms with van der Waals surface area (Å²) in [4.78, 5) is 30.6. The van der Waals surface area contributed by atoms with Crippen molar-refractivity contribution in [1.29, 1.82) is 0 Å². The zero-order valence-corrected chi connectivity index (χ0v) is 20.3. The number of carbonyl (C=O) groups is 2. The molecule has 0 saturated heterocycles. The highest BCUT2D eigenvalue weighted by molar-refractivity contribution is 7.98. The Hall–Kier alpha value is -2.94. The van der Waals surface area contributed by atoms with E-state index in [0.29, 0.717) is 23.7 Å². The number of nitrogens with one attached hydrogen (secondary N) is 4. The molecule has 1 fully saturated rings. The molecule has 2 atom stereocenters. The molecule has 2 aromatic rings. The fourth-order valence-electron chi connectivity index (χ4n) is 4.21. The minimum atomic E-state index is -0.541. The predicted molar refractivity (Wildman–Crippen MR) is 131 cm³/mol. The number of amides is 2. The van der Waals surface area contributed by atoms with Gasteiger partial charge in [-0.3, -0.25) is 4.79 Å². The average molecular weight is 470 g/mol. The first-order chi connectivity index (χ1) is 15.7. The number of alkyl carbamates (subject to hydrolysis) is 1. The van der Waals surface area contributed by atoms with Gasteiger partial charge in [-0.15, -0.1) is 11.8 Å². The highest BCUT2D eigenvalue weighted by atomic mass is 32.2. The van der Waals surface area contributed by atoms with E-state index in [-0.39, 0.29) is 18.0 Å². The lowest BCUT2D eigenvalue weighted by Crippen LogP contribution is -2.45. The fourth-order valence-corrected chi connectivity index (χ4v) is 4.67. The van der Waals surface area contributed by atoms with Crippen molar-refractivity contribution in [2.24, 2.45) is 0 Å². The number of ether oxygens (including phenoxy) is 1. The number of benzene rings is 1. The highest BCUT2D eigenvalue weighted by Crippen LogP contribution is 2.31. The van der Waals surface area contributed by atoms with Gasteiger partial charge in [0.25, 0.3) is 5.91 Å². The summed E-state index contributed by atoms with van der Waals surface area (Å²) >= 11 is 1.66. The van der Waals surface area contributed by atoms with Crippen LogP contribution in [0.3, 0.4) is 0 Å². The van der Waals surface area contributed by atoms with Crippen LogP contribution in [0.5, 0.6) is 0 Å². The monoisotopic (exact) mass is 469 g/mol. The van der Waals surface area contributed by atoms with E-state index in [1.54, 1.807) is 11.8 Å². The molecule has 9 heteroatoms. The van der Waals surface area contributed by atoms with Gasteiger partial charge in [0.2, 0.25) is 0 Å². The summed E-state index contributed by atoms with van der Waals surface area (Å²) in [6, 6.07) is 9.89. The van der Waals surface area contributed by atoms with Crippen LogP contribution in [-0.2, 0) is 11.3 Å². The Bertz CT molecular complexity index is 1050. The van der Waals surface area contributed by atoms with Gasteiger partial charge in [-0.2, -0.15) is 0 Å². The number of anilines is 3. The third kappa shape index (κ3) is 5.71. The first-order valence-corrected chi connectivity index (χ1v) is 12.4. The molecule has 1 aromatic heterocycles. The second-order valence-corrected chi connectivity index (χ2v) is 10.2. The zero-order valence-electron chi connectivity index (χ0n) is 19.5. The van der Waals surface area contributed by atoms with Crippen molar-refractivity contribution in [3.05, 3.63) is 41.5 Å². The summed E-state index contributed by atoms with van der Waals surface area (Å²) < 4.78 is 5.42. The molecule has 0 bridgehead atoms. The van der Waals surface area contributed by atoms with E-state index in [1.165, 1.54) is 0 Å². The van der Waals surface area contributed by atoms with Gasteiger partial charge < -0.3 is 26.0 Å². The normalized spacial score (nSPS) is 19.6. The van der Waals surface area contributed by atoms with Crippen LogP contribution in [-0.4, -0.2) is 40.9 Å². The molecule has 1 unspecified atom stereocenters. The van der Waals surface area contributed by atoms with Gasteiger partial charge in [-0.25, -0.2) is 9.78 Å². The van der Waals surface area contributed by atoms with Gasteiger partial charge in [0.05, 0.1) is 11.6 Å². The van der Waals surface area contributed by atoms with Crippen molar-refractivity contribution in [3.63, 3.8) is 0 Å². The van der Waals surface area contributed by atoms with Gasteiger partial charge in [0.1, 0.15) is 17.2 Å².